The first-order chi connectivity index (χ1) is 6.11. The van der Waals surface area contributed by atoms with Gasteiger partial charge >= 0.3 is 0 Å². The van der Waals surface area contributed by atoms with Gasteiger partial charge in [-0.3, -0.25) is 0 Å². The molecule has 5 heteroatoms. The van der Waals surface area contributed by atoms with Gasteiger partial charge in [-0.1, -0.05) is 30.6 Å². The molecule has 4 nitrogen and oxygen atoms in total. The SMILES string of the molecule is CC1(C)CCCC1n1[nH]nnc1=S. The number of nitrogens with zero attached hydrogens (tertiary/aromatic N) is 3. The van der Waals surface area contributed by atoms with Crippen LogP contribution in [0.5, 0.6) is 0 Å². The van der Waals surface area contributed by atoms with Crippen molar-refractivity contribution in [2.75, 3.05) is 0 Å². The van der Waals surface area contributed by atoms with Gasteiger partial charge in [-0.05, 0) is 30.5 Å². The van der Waals surface area contributed by atoms with Crippen molar-refractivity contribution < 1.29 is 0 Å². The number of rotatable bonds is 1. The Hall–Kier alpha value is -0.710. The van der Waals surface area contributed by atoms with E-state index in [-0.39, 0.29) is 0 Å². The smallest absolute Gasteiger partial charge is 0.238 e. The quantitative estimate of drug-likeness (QED) is 0.703. The lowest BCUT2D eigenvalue weighted by molar-refractivity contribution is 0.238. The molecule has 1 atom stereocenters. The van der Waals surface area contributed by atoms with Gasteiger partial charge in [-0.15, -0.1) is 0 Å². The molecule has 1 aliphatic rings. The predicted molar refractivity (Wildman–Crippen MR) is 51.9 cm³/mol. The Morgan fingerprint density at radius 1 is 1.62 bits per heavy atom. The molecule has 0 amide bonds. The fourth-order valence-corrected chi connectivity index (χ4v) is 2.40. The molecule has 0 bridgehead atoms. The summed E-state index contributed by atoms with van der Waals surface area (Å²) < 4.78 is 2.49. The van der Waals surface area contributed by atoms with Crippen molar-refractivity contribution in [2.45, 2.75) is 39.2 Å². The van der Waals surface area contributed by atoms with Crippen molar-refractivity contribution in [1.29, 1.82) is 0 Å². The Labute approximate surface area is 82.3 Å². The van der Waals surface area contributed by atoms with E-state index in [2.05, 4.69) is 29.4 Å². The van der Waals surface area contributed by atoms with Gasteiger partial charge in [0.15, 0.2) is 0 Å². The van der Waals surface area contributed by atoms with Gasteiger partial charge in [0.2, 0.25) is 4.77 Å². The van der Waals surface area contributed by atoms with Crippen LogP contribution in [0.3, 0.4) is 0 Å². The molecule has 13 heavy (non-hydrogen) atoms. The summed E-state index contributed by atoms with van der Waals surface area (Å²) in [6.07, 6.45) is 3.68. The van der Waals surface area contributed by atoms with Crippen LogP contribution in [0, 0.1) is 10.2 Å². The number of H-pyrrole nitrogens is 1. The molecule has 1 fully saturated rings. The molecule has 1 aromatic rings. The second-order valence-corrected chi connectivity index (χ2v) is 4.71. The molecular weight excluding hydrogens is 184 g/mol. The second-order valence-electron chi connectivity index (χ2n) is 4.35. The number of aromatic nitrogens is 4. The Morgan fingerprint density at radius 3 is 2.85 bits per heavy atom. The van der Waals surface area contributed by atoms with Gasteiger partial charge in [-0.25, -0.2) is 4.68 Å². The summed E-state index contributed by atoms with van der Waals surface area (Å²) in [4.78, 5) is 0. The number of hydrogen-bond donors (Lipinski definition) is 1. The maximum atomic E-state index is 5.08. The lowest BCUT2D eigenvalue weighted by atomic mass is 9.87. The highest BCUT2D eigenvalue weighted by Crippen LogP contribution is 2.45. The molecule has 0 radical (unpaired) electrons. The maximum Gasteiger partial charge on any atom is 0.238 e. The first-order valence-corrected chi connectivity index (χ1v) is 5.02. The first kappa shape index (κ1) is 8.87. The van der Waals surface area contributed by atoms with E-state index < -0.39 is 0 Å². The van der Waals surface area contributed by atoms with Crippen LogP contribution in [0.25, 0.3) is 0 Å². The Bertz CT molecular complexity index is 351. The van der Waals surface area contributed by atoms with Crippen molar-refractivity contribution in [2.24, 2.45) is 5.41 Å². The van der Waals surface area contributed by atoms with Gasteiger partial charge in [0.1, 0.15) is 0 Å². The van der Waals surface area contributed by atoms with Crippen LogP contribution in [0.15, 0.2) is 0 Å². The molecule has 1 saturated carbocycles. The summed E-state index contributed by atoms with van der Waals surface area (Å²) >= 11 is 5.08. The van der Waals surface area contributed by atoms with Crippen LogP contribution in [-0.2, 0) is 0 Å². The Morgan fingerprint density at radius 2 is 2.38 bits per heavy atom. The normalized spacial score (nSPS) is 26.5. The molecule has 2 rings (SSSR count). The summed E-state index contributed by atoms with van der Waals surface area (Å²) in [7, 11) is 0. The highest BCUT2D eigenvalue weighted by Gasteiger charge is 2.36. The molecular formula is C8H14N4S. The van der Waals surface area contributed by atoms with E-state index in [0.717, 1.165) is 0 Å². The zero-order chi connectivity index (χ0) is 9.47. The third-order valence-electron chi connectivity index (χ3n) is 3.01. The standard InChI is InChI=1S/C8H14N4S/c1-8(2)5-3-4-6(8)12-7(13)9-10-11-12/h6H,3-5H2,1-2H3,(H,9,11,13). The second kappa shape index (κ2) is 2.90. The molecule has 1 N–H and O–H groups in total. The average molecular weight is 198 g/mol. The highest BCUT2D eigenvalue weighted by atomic mass is 32.1. The van der Waals surface area contributed by atoms with Crippen molar-refractivity contribution in [3.05, 3.63) is 4.77 Å². The minimum Gasteiger partial charge on any atom is -0.239 e. The van der Waals surface area contributed by atoms with Gasteiger partial charge in [0.25, 0.3) is 0 Å². The third-order valence-corrected chi connectivity index (χ3v) is 3.28. The molecule has 0 aliphatic heterocycles. The van der Waals surface area contributed by atoms with Crippen molar-refractivity contribution in [3.8, 4) is 0 Å². The van der Waals surface area contributed by atoms with Crippen molar-refractivity contribution in [1.82, 2.24) is 20.2 Å². The number of tetrazole rings is 1. The van der Waals surface area contributed by atoms with Gasteiger partial charge in [0.05, 0.1) is 6.04 Å². The topological polar surface area (TPSA) is 46.5 Å². The van der Waals surface area contributed by atoms with E-state index in [4.69, 9.17) is 12.2 Å². The summed E-state index contributed by atoms with van der Waals surface area (Å²) in [5.41, 5.74) is 0.312. The molecule has 1 unspecified atom stereocenters. The number of nitrogens with one attached hydrogen (secondary N) is 1. The molecule has 72 valence electrons. The fourth-order valence-electron chi connectivity index (χ4n) is 2.19. The Balaban J connectivity index is 2.37. The molecule has 1 aromatic heterocycles. The van der Waals surface area contributed by atoms with E-state index in [0.29, 0.717) is 16.2 Å². The summed E-state index contributed by atoms with van der Waals surface area (Å²) in [6.45, 7) is 4.54. The van der Waals surface area contributed by atoms with E-state index in [1.807, 2.05) is 4.68 Å². The monoisotopic (exact) mass is 198 g/mol. The van der Waals surface area contributed by atoms with Crippen LogP contribution in [0.4, 0.5) is 0 Å². The third kappa shape index (κ3) is 1.41. The highest BCUT2D eigenvalue weighted by molar-refractivity contribution is 7.71. The number of aromatic amines is 1. The lowest BCUT2D eigenvalue weighted by Crippen LogP contribution is -2.22. The van der Waals surface area contributed by atoms with Crippen LogP contribution < -0.4 is 0 Å². The summed E-state index contributed by atoms with van der Waals surface area (Å²) in [6, 6.07) is 0.440. The van der Waals surface area contributed by atoms with Crippen LogP contribution in [-0.4, -0.2) is 20.2 Å². The van der Waals surface area contributed by atoms with Crippen LogP contribution in [0.1, 0.15) is 39.2 Å². The largest absolute Gasteiger partial charge is 0.239 e. The van der Waals surface area contributed by atoms with E-state index >= 15 is 0 Å². The molecule has 1 aliphatic carbocycles. The zero-order valence-corrected chi connectivity index (χ0v) is 8.77. The predicted octanol–water partition coefficient (Wildman–Crippen LogP) is 2.09. The van der Waals surface area contributed by atoms with E-state index in [1.165, 1.54) is 19.3 Å². The van der Waals surface area contributed by atoms with Crippen molar-refractivity contribution in [3.63, 3.8) is 0 Å². The molecule has 0 spiro atoms. The molecule has 1 heterocycles. The Kier molecular flexibility index (Phi) is 1.98. The van der Waals surface area contributed by atoms with Crippen LogP contribution >= 0.6 is 12.2 Å². The molecule has 0 aromatic carbocycles. The summed E-state index contributed by atoms with van der Waals surface area (Å²) in [5.74, 6) is 0. The van der Waals surface area contributed by atoms with E-state index in [9.17, 15) is 0 Å². The fraction of sp³-hybridized carbons (Fsp3) is 0.875. The minimum atomic E-state index is 0.312. The first-order valence-electron chi connectivity index (χ1n) is 4.61. The average Bonchev–Trinajstić information content (AvgIpc) is 2.56. The van der Waals surface area contributed by atoms with Crippen molar-refractivity contribution >= 4 is 12.2 Å². The molecule has 0 saturated heterocycles. The van der Waals surface area contributed by atoms with E-state index in [1.54, 1.807) is 0 Å². The minimum absolute atomic E-state index is 0.312. The summed E-state index contributed by atoms with van der Waals surface area (Å²) in [5, 5.41) is 10.4. The lowest BCUT2D eigenvalue weighted by Gasteiger charge is -2.26. The van der Waals surface area contributed by atoms with Gasteiger partial charge in [-0.2, -0.15) is 5.21 Å². The maximum absolute atomic E-state index is 5.08. The van der Waals surface area contributed by atoms with Crippen LogP contribution in [0.2, 0.25) is 0 Å². The number of hydrogen-bond acceptors (Lipinski definition) is 3. The van der Waals surface area contributed by atoms with Gasteiger partial charge < -0.3 is 0 Å². The zero-order valence-electron chi connectivity index (χ0n) is 7.95. The van der Waals surface area contributed by atoms with Gasteiger partial charge in [0, 0.05) is 0 Å².